The molecule has 0 atom stereocenters. The van der Waals surface area contributed by atoms with Crippen molar-refractivity contribution < 1.29 is 14.1 Å². The number of carbonyl (C=O) groups is 1. The summed E-state index contributed by atoms with van der Waals surface area (Å²) in [6.07, 6.45) is 0.506. The zero-order chi connectivity index (χ0) is 10.7. The molecule has 0 unspecified atom stereocenters. The number of benzene rings is 1. The second kappa shape index (κ2) is 3.91. The number of rotatable bonds is 3. The summed E-state index contributed by atoms with van der Waals surface area (Å²) in [5, 5.41) is 3.67. The highest BCUT2D eigenvalue weighted by Crippen LogP contribution is 2.26. The topological polar surface area (TPSA) is 65.2 Å². The van der Waals surface area contributed by atoms with Crippen molar-refractivity contribution in [2.24, 2.45) is 0 Å². The molecule has 15 heavy (non-hydrogen) atoms. The van der Waals surface area contributed by atoms with Gasteiger partial charge < -0.3 is 9.26 Å². The fourth-order valence-corrected chi connectivity index (χ4v) is 1.22. The molecule has 0 aliphatic rings. The molecule has 1 heterocycles. The lowest BCUT2D eigenvalue weighted by atomic mass is 10.2. The zero-order valence-electron chi connectivity index (χ0n) is 8.01. The van der Waals surface area contributed by atoms with Crippen LogP contribution in [0.25, 0.3) is 11.4 Å². The third-order valence-corrected chi connectivity index (χ3v) is 1.89. The minimum atomic E-state index is -0.0455. The molecule has 2 rings (SSSR count). The maximum atomic E-state index is 10.4. The van der Waals surface area contributed by atoms with E-state index in [1.807, 2.05) is 12.1 Å². The second-order valence-electron chi connectivity index (χ2n) is 2.77. The van der Waals surface area contributed by atoms with E-state index >= 15 is 0 Å². The largest absolute Gasteiger partial charge is 0.496 e. The van der Waals surface area contributed by atoms with Crippen molar-refractivity contribution in [3.8, 4) is 17.1 Å². The maximum absolute atomic E-state index is 10.4. The number of aromatic nitrogens is 2. The van der Waals surface area contributed by atoms with E-state index in [1.54, 1.807) is 19.2 Å². The number of nitrogens with zero attached hydrogens (tertiary/aromatic N) is 2. The molecule has 0 N–H and O–H groups in total. The Hall–Kier alpha value is -2.17. The first-order chi connectivity index (χ1) is 7.35. The van der Waals surface area contributed by atoms with Crippen LogP contribution >= 0.6 is 0 Å². The lowest BCUT2D eigenvalue weighted by molar-refractivity contribution is 0.108. The predicted molar refractivity (Wildman–Crippen MR) is 51.7 cm³/mol. The number of ether oxygens (including phenoxy) is 1. The van der Waals surface area contributed by atoms with E-state index in [0.717, 1.165) is 0 Å². The standard InChI is InChI=1S/C10H8N2O3/c1-14-8-5-3-2-4-7(8)10-11-9(6-13)15-12-10/h2-6H,1H3. The van der Waals surface area contributed by atoms with Crippen LogP contribution < -0.4 is 4.74 Å². The number of aldehydes is 1. The summed E-state index contributed by atoms with van der Waals surface area (Å²) in [4.78, 5) is 14.3. The molecule has 0 aliphatic carbocycles. The van der Waals surface area contributed by atoms with Gasteiger partial charge in [-0.25, -0.2) is 0 Å². The van der Waals surface area contributed by atoms with Gasteiger partial charge in [-0.1, -0.05) is 17.3 Å². The molecule has 0 amide bonds. The Labute approximate surface area is 85.7 Å². The summed E-state index contributed by atoms with van der Waals surface area (Å²) < 4.78 is 9.82. The summed E-state index contributed by atoms with van der Waals surface area (Å²) >= 11 is 0. The van der Waals surface area contributed by atoms with E-state index in [1.165, 1.54) is 0 Å². The molecule has 0 fully saturated rings. The summed E-state index contributed by atoms with van der Waals surface area (Å²) in [5.41, 5.74) is 0.692. The molecule has 1 aromatic carbocycles. The van der Waals surface area contributed by atoms with Crippen LogP contribution in [0, 0.1) is 0 Å². The van der Waals surface area contributed by atoms with E-state index in [4.69, 9.17) is 4.74 Å². The molecule has 2 aromatic rings. The van der Waals surface area contributed by atoms with Crippen molar-refractivity contribution in [3.63, 3.8) is 0 Å². The van der Waals surface area contributed by atoms with Gasteiger partial charge in [0.1, 0.15) is 5.75 Å². The average molecular weight is 204 g/mol. The first-order valence-electron chi connectivity index (χ1n) is 4.27. The van der Waals surface area contributed by atoms with Crippen LogP contribution in [0.1, 0.15) is 10.7 Å². The van der Waals surface area contributed by atoms with Crippen molar-refractivity contribution in [3.05, 3.63) is 30.2 Å². The lowest BCUT2D eigenvalue weighted by Gasteiger charge is -2.02. The quantitative estimate of drug-likeness (QED) is 0.710. The summed E-state index contributed by atoms with van der Waals surface area (Å²) in [6.45, 7) is 0. The van der Waals surface area contributed by atoms with E-state index < -0.39 is 0 Å². The van der Waals surface area contributed by atoms with Crippen LogP contribution in [-0.2, 0) is 0 Å². The van der Waals surface area contributed by atoms with Gasteiger partial charge in [0.05, 0.1) is 12.7 Å². The molecule has 0 saturated heterocycles. The molecular formula is C10H8N2O3. The van der Waals surface area contributed by atoms with Crippen LogP contribution in [0.2, 0.25) is 0 Å². The Morgan fingerprint density at radius 2 is 2.20 bits per heavy atom. The second-order valence-corrected chi connectivity index (χ2v) is 2.77. The molecule has 5 heteroatoms. The first kappa shape index (κ1) is 9.39. The average Bonchev–Trinajstić information content (AvgIpc) is 2.77. The van der Waals surface area contributed by atoms with Crippen LogP contribution in [-0.4, -0.2) is 23.5 Å². The highest BCUT2D eigenvalue weighted by Gasteiger charge is 2.11. The van der Waals surface area contributed by atoms with Crippen molar-refractivity contribution in [1.82, 2.24) is 10.1 Å². The Kier molecular flexibility index (Phi) is 2.45. The van der Waals surface area contributed by atoms with Crippen molar-refractivity contribution in [1.29, 1.82) is 0 Å². The van der Waals surface area contributed by atoms with Crippen LogP contribution in [0.5, 0.6) is 5.75 Å². The van der Waals surface area contributed by atoms with Gasteiger partial charge in [0.2, 0.25) is 12.1 Å². The van der Waals surface area contributed by atoms with Crippen molar-refractivity contribution in [2.45, 2.75) is 0 Å². The zero-order valence-corrected chi connectivity index (χ0v) is 8.01. The van der Waals surface area contributed by atoms with Gasteiger partial charge in [-0.3, -0.25) is 4.79 Å². The molecule has 0 saturated carbocycles. The molecule has 0 aliphatic heterocycles. The van der Waals surface area contributed by atoms with Gasteiger partial charge in [0, 0.05) is 0 Å². The van der Waals surface area contributed by atoms with Gasteiger partial charge in [-0.05, 0) is 12.1 Å². The normalized spacial score (nSPS) is 9.93. The maximum Gasteiger partial charge on any atom is 0.291 e. The number of hydrogen-bond acceptors (Lipinski definition) is 5. The highest BCUT2D eigenvalue weighted by atomic mass is 16.5. The van der Waals surface area contributed by atoms with E-state index in [9.17, 15) is 4.79 Å². The van der Waals surface area contributed by atoms with E-state index in [2.05, 4.69) is 14.7 Å². The highest BCUT2D eigenvalue weighted by molar-refractivity contribution is 5.70. The predicted octanol–water partition coefficient (Wildman–Crippen LogP) is 1.56. The number of para-hydroxylation sites is 1. The molecule has 76 valence electrons. The molecule has 5 nitrogen and oxygen atoms in total. The molecule has 1 aromatic heterocycles. The molecule has 0 spiro atoms. The molecule has 0 radical (unpaired) electrons. The van der Waals surface area contributed by atoms with Gasteiger partial charge in [-0.15, -0.1) is 0 Å². The van der Waals surface area contributed by atoms with Gasteiger partial charge in [0.25, 0.3) is 5.89 Å². The first-order valence-corrected chi connectivity index (χ1v) is 4.27. The third-order valence-electron chi connectivity index (χ3n) is 1.89. The Morgan fingerprint density at radius 1 is 1.40 bits per heavy atom. The van der Waals surface area contributed by atoms with Crippen molar-refractivity contribution >= 4 is 6.29 Å². The Balaban J connectivity index is 2.48. The monoisotopic (exact) mass is 204 g/mol. The summed E-state index contributed by atoms with van der Waals surface area (Å²) in [7, 11) is 1.56. The Bertz CT molecular complexity index is 479. The van der Waals surface area contributed by atoms with Crippen molar-refractivity contribution in [2.75, 3.05) is 7.11 Å². The van der Waals surface area contributed by atoms with Gasteiger partial charge in [0.15, 0.2) is 0 Å². The van der Waals surface area contributed by atoms with Gasteiger partial charge in [-0.2, -0.15) is 4.98 Å². The fraction of sp³-hybridized carbons (Fsp3) is 0.100. The SMILES string of the molecule is COc1ccccc1-c1noc(C=O)n1. The minimum Gasteiger partial charge on any atom is -0.496 e. The number of methoxy groups -OCH3 is 1. The van der Waals surface area contributed by atoms with Gasteiger partial charge >= 0.3 is 0 Å². The summed E-state index contributed by atoms with van der Waals surface area (Å²) in [6, 6.07) is 7.24. The minimum absolute atomic E-state index is 0.0455. The van der Waals surface area contributed by atoms with Crippen LogP contribution in [0.3, 0.4) is 0 Å². The molecule has 0 bridgehead atoms. The number of carbonyl (C=O) groups excluding carboxylic acids is 1. The number of hydrogen-bond donors (Lipinski definition) is 0. The Morgan fingerprint density at radius 3 is 2.87 bits per heavy atom. The third kappa shape index (κ3) is 1.71. The molecular weight excluding hydrogens is 196 g/mol. The van der Waals surface area contributed by atoms with Crippen LogP contribution in [0.15, 0.2) is 28.8 Å². The van der Waals surface area contributed by atoms with Crippen LogP contribution in [0.4, 0.5) is 0 Å². The van der Waals surface area contributed by atoms with E-state index in [-0.39, 0.29) is 5.89 Å². The smallest absolute Gasteiger partial charge is 0.291 e. The lowest BCUT2D eigenvalue weighted by Crippen LogP contribution is -1.88. The van der Waals surface area contributed by atoms with E-state index in [0.29, 0.717) is 23.4 Å². The summed E-state index contributed by atoms with van der Waals surface area (Å²) in [5.74, 6) is 0.932. The fourth-order valence-electron chi connectivity index (χ4n) is 1.22.